The molecule has 0 amide bonds. The summed E-state index contributed by atoms with van der Waals surface area (Å²) in [4.78, 5) is 12.7. The molecule has 0 spiro atoms. The lowest BCUT2D eigenvalue weighted by atomic mass is 10.0. The van der Waals surface area contributed by atoms with E-state index < -0.39 is 27.5 Å². The molecule has 2 aromatic carbocycles. The van der Waals surface area contributed by atoms with Crippen LogP contribution in [0.15, 0.2) is 59.9 Å². The van der Waals surface area contributed by atoms with Gasteiger partial charge in [0.1, 0.15) is 11.4 Å². The first-order chi connectivity index (χ1) is 16.3. The Kier molecular flexibility index (Phi) is 6.50. The highest BCUT2D eigenvalue weighted by molar-refractivity contribution is 7.89. The molecule has 0 saturated heterocycles. The number of nitrogens with zero attached hydrogens (tertiary/aromatic N) is 3. The molecule has 0 saturated carbocycles. The van der Waals surface area contributed by atoms with E-state index in [1.807, 2.05) is 18.2 Å². The molecule has 0 aliphatic carbocycles. The summed E-state index contributed by atoms with van der Waals surface area (Å²) in [6.07, 6.45) is 4.71. The maximum atomic E-state index is 14.6. The van der Waals surface area contributed by atoms with Crippen molar-refractivity contribution in [1.82, 2.24) is 15.0 Å². The Hall–Kier alpha value is -3.18. The van der Waals surface area contributed by atoms with Crippen LogP contribution in [0.25, 0.3) is 22.0 Å². The van der Waals surface area contributed by atoms with Crippen LogP contribution in [0.5, 0.6) is 0 Å². The highest BCUT2D eigenvalue weighted by Gasteiger charge is 2.20. The number of pyridine rings is 1. The fourth-order valence-corrected chi connectivity index (χ4v) is 4.37. The van der Waals surface area contributed by atoms with Crippen LogP contribution in [0.4, 0.5) is 10.1 Å². The van der Waals surface area contributed by atoms with Crippen LogP contribution < -0.4 is 10.5 Å². The van der Waals surface area contributed by atoms with Crippen molar-refractivity contribution >= 4 is 38.2 Å². The fourth-order valence-electron chi connectivity index (χ4n) is 3.61. The minimum absolute atomic E-state index is 0.115. The van der Waals surface area contributed by atoms with Crippen molar-refractivity contribution in [3.8, 4) is 11.1 Å². The Labute approximate surface area is 207 Å². The molecule has 2 heterocycles. The van der Waals surface area contributed by atoms with Crippen molar-refractivity contribution in [1.29, 1.82) is 0 Å². The molecule has 0 radical (unpaired) electrons. The van der Waals surface area contributed by atoms with E-state index in [-0.39, 0.29) is 10.5 Å². The number of fused-ring (bicyclic) bond motifs is 1. The van der Waals surface area contributed by atoms with Crippen LogP contribution in [-0.2, 0) is 15.6 Å². The highest BCUT2D eigenvalue weighted by atomic mass is 35.5. The number of benzene rings is 2. The number of hydrogen-bond acceptors (Lipinski definition) is 7. The minimum atomic E-state index is -4.00. The van der Waals surface area contributed by atoms with E-state index in [0.717, 1.165) is 17.7 Å². The Bertz CT molecular complexity index is 1520. The molecule has 2 aromatic heterocycles. The third-order valence-corrected chi connectivity index (χ3v) is 6.68. The monoisotopic (exact) mass is 515 g/mol. The Morgan fingerprint density at radius 3 is 2.37 bits per heavy atom. The van der Waals surface area contributed by atoms with Crippen LogP contribution in [0, 0.1) is 5.82 Å². The quantitative estimate of drug-likeness (QED) is 0.343. The van der Waals surface area contributed by atoms with E-state index in [1.54, 1.807) is 33.2 Å². The molecule has 1 atom stereocenters. The maximum Gasteiger partial charge on any atom is 0.238 e. The van der Waals surface area contributed by atoms with E-state index in [0.29, 0.717) is 33.0 Å². The van der Waals surface area contributed by atoms with Gasteiger partial charge in [-0.05, 0) is 56.7 Å². The SMILES string of the molecule is CC(Nc1c(Cl)cnc2ccc(-c3cnc(C(C)(C)O)nc3)cc12)c1cc(S(N)(=O)=O)ccc1F. The van der Waals surface area contributed by atoms with Crippen LogP contribution in [0.3, 0.4) is 0 Å². The number of aliphatic hydroxyl groups is 1. The second kappa shape index (κ2) is 9.12. The van der Waals surface area contributed by atoms with E-state index in [9.17, 15) is 17.9 Å². The van der Waals surface area contributed by atoms with E-state index in [1.165, 1.54) is 12.3 Å². The van der Waals surface area contributed by atoms with Gasteiger partial charge < -0.3 is 10.4 Å². The van der Waals surface area contributed by atoms with E-state index in [2.05, 4.69) is 20.3 Å². The molecule has 182 valence electrons. The molecule has 0 aliphatic rings. The van der Waals surface area contributed by atoms with Crippen LogP contribution in [0.2, 0.25) is 5.02 Å². The molecule has 1 unspecified atom stereocenters. The number of hydrogen-bond donors (Lipinski definition) is 3. The predicted octanol–water partition coefficient (Wildman–Crippen LogP) is 4.53. The summed E-state index contributed by atoms with van der Waals surface area (Å²) < 4.78 is 38.0. The zero-order valence-electron chi connectivity index (χ0n) is 19.1. The summed E-state index contributed by atoms with van der Waals surface area (Å²) >= 11 is 6.46. The summed E-state index contributed by atoms with van der Waals surface area (Å²) in [5.74, 6) is -0.289. The number of sulfonamides is 1. The maximum absolute atomic E-state index is 14.6. The summed E-state index contributed by atoms with van der Waals surface area (Å²) in [5.41, 5.74) is 1.58. The zero-order valence-corrected chi connectivity index (χ0v) is 20.7. The van der Waals surface area contributed by atoms with Crippen molar-refractivity contribution in [2.75, 3.05) is 5.32 Å². The van der Waals surface area contributed by atoms with Gasteiger partial charge in [0.15, 0.2) is 5.82 Å². The molecule has 11 heteroatoms. The molecule has 0 bridgehead atoms. The van der Waals surface area contributed by atoms with Gasteiger partial charge in [0.05, 0.1) is 27.2 Å². The fraction of sp³-hybridized carbons (Fsp3) is 0.208. The van der Waals surface area contributed by atoms with Gasteiger partial charge in [0, 0.05) is 35.1 Å². The molecular formula is C24H23ClFN5O3S. The minimum Gasteiger partial charge on any atom is -0.382 e. The summed E-state index contributed by atoms with van der Waals surface area (Å²) in [5, 5.41) is 19.5. The Morgan fingerprint density at radius 1 is 1.06 bits per heavy atom. The molecule has 8 nitrogen and oxygen atoms in total. The largest absolute Gasteiger partial charge is 0.382 e. The van der Waals surface area contributed by atoms with Gasteiger partial charge in [-0.25, -0.2) is 27.9 Å². The average Bonchev–Trinajstić information content (AvgIpc) is 2.79. The highest BCUT2D eigenvalue weighted by Crippen LogP contribution is 2.35. The van der Waals surface area contributed by atoms with Crippen molar-refractivity contribution < 1.29 is 17.9 Å². The van der Waals surface area contributed by atoms with Gasteiger partial charge >= 0.3 is 0 Å². The van der Waals surface area contributed by atoms with Gasteiger partial charge in [0.25, 0.3) is 0 Å². The Morgan fingerprint density at radius 2 is 1.74 bits per heavy atom. The first-order valence-corrected chi connectivity index (χ1v) is 12.5. The summed E-state index contributed by atoms with van der Waals surface area (Å²) in [7, 11) is -4.00. The van der Waals surface area contributed by atoms with Gasteiger partial charge in [-0.2, -0.15) is 0 Å². The van der Waals surface area contributed by atoms with Crippen LogP contribution in [0.1, 0.15) is 38.2 Å². The second-order valence-electron chi connectivity index (χ2n) is 8.66. The van der Waals surface area contributed by atoms with Crippen LogP contribution >= 0.6 is 11.6 Å². The number of primary sulfonamides is 1. The smallest absolute Gasteiger partial charge is 0.238 e. The van der Waals surface area contributed by atoms with Crippen molar-refractivity contribution in [2.24, 2.45) is 5.14 Å². The number of nitrogens with two attached hydrogens (primary N) is 1. The second-order valence-corrected chi connectivity index (χ2v) is 10.6. The van der Waals surface area contributed by atoms with E-state index >= 15 is 0 Å². The third kappa shape index (κ3) is 5.25. The molecular weight excluding hydrogens is 493 g/mol. The number of anilines is 1. The molecule has 4 aromatic rings. The van der Waals surface area contributed by atoms with Gasteiger partial charge in [-0.1, -0.05) is 17.7 Å². The summed E-state index contributed by atoms with van der Waals surface area (Å²) in [6.45, 7) is 4.89. The topological polar surface area (TPSA) is 131 Å². The van der Waals surface area contributed by atoms with Gasteiger partial charge in [-0.15, -0.1) is 0 Å². The third-order valence-electron chi connectivity index (χ3n) is 5.48. The number of aromatic nitrogens is 3. The molecule has 0 aliphatic heterocycles. The predicted molar refractivity (Wildman–Crippen MR) is 133 cm³/mol. The lowest BCUT2D eigenvalue weighted by Gasteiger charge is -2.20. The van der Waals surface area contributed by atoms with Crippen molar-refractivity contribution in [2.45, 2.75) is 37.3 Å². The van der Waals surface area contributed by atoms with Crippen LogP contribution in [-0.4, -0.2) is 28.5 Å². The zero-order chi connectivity index (χ0) is 25.5. The Balaban J connectivity index is 1.75. The number of rotatable bonds is 6. The first kappa shape index (κ1) is 24.9. The molecule has 35 heavy (non-hydrogen) atoms. The number of nitrogens with one attached hydrogen (secondary N) is 1. The number of halogens is 2. The van der Waals surface area contributed by atoms with Crippen molar-refractivity contribution in [3.05, 3.63) is 77.2 Å². The standard InChI is InChI=1S/C24H23ClFN5O3S/c1-13(17-9-16(35(27,33)34)5-6-20(17)26)31-22-18-8-14(4-7-21(18)28-12-19(22)25)15-10-29-23(30-11-15)24(2,3)32/h4-13,32H,1-3H3,(H,28,31)(H2,27,33,34). The molecule has 4 rings (SSSR count). The summed E-state index contributed by atoms with van der Waals surface area (Å²) in [6, 6.07) is 8.24. The average molecular weight is 516 g/mol. The lowest BCUT2D eigenvalue weighted by Crippen LogP contribution is -2.19. The molecule has 0 fully saturated rings. The lowest BCUT2D eigenvalue weighted by molar-refractivity contribution is 0.0687. The van der Waals surface area contributed by atoms with E-state index in [4.69, 9.17) is 16.7 Å². The first-order valence-electron chi connectivity index (χ1n) is 10.6. The molecule has 4 N–H and O–H groups in total. The van der Waals surface area contributed by atoms with Gasteiger partial charge in [-0.3, -0.25) is 4.98 Å². The van der Waals surface area contributed by atoms with Gasteiger partial charge in [0.2, 0.25) is 10.0 Å². The normalized spacial score (nSPS) is 13.1. The van der Waals surface area contributed by atoms with Crippen molar-refractivity contribution in [3.63, 3.8) is 0 Å².